The van der Waals surface area contributed by atoms with E-state index in [0.29, 0.717) is 48.0 Å². The standard InChI is InChI=1S/C16H16N2O3/c1-3-13-12(8-10(2)17-18-13)16(19)11-4-5-14-15(9-11)21-7-6-20-14/h4-5,8-9H,3,6-7H2,1-2H3. The van der Waals surface area contributed by atoms with Crippen LogP contribution in [0.1, 0.15) is 34.2 Å². The van der Waals surface area contributed by atoms with Crippen LogP contribution in [-0.2, 0) is 6.42 Å². The Balaban J connectivity index is 2.00. The number of benzene rings is 1. The summed E-state index contributed by atoms with van der Waals surface area (Å²) in [6.07, 6.45) is 0.666. The van der Waals surface area contributed by atoms with Gasteiger partial charge in [0, 0.05) is 11.1 Å². The highest BCUT2D eigenvalue weighted by atomic mass is 16.6. The quantitative estimate of drug-likeness (QED) is 0.810. The number of ketones is 1. The largest absolute Gasteiger partial charge is 0.486 e. The number of ether oxygens (including phenoxy) is 2. The molecular weight excluding hydrogens is 268 g/mol. The molecule has 3 rings (SSSR count). The molecule has 0 radical (unpaired) electrons. The Labute approximate surface area is 122 Å². The van der Waals surface area contributed by atoms with Crippen molar-refractivity contribution in [3.05, 3.63) is 46.8 Å². The summed E-state index contributed by atoms with van der Waals surface area (Å²) >= 11 is 0. The Morgan fingerprint density at radius 3 is 2.67 bits per heavy atom. The van der Waals surface area contributed by atoms with Crippen LogP contribution in [0.2, 0.25) is 0 Å². The van der Waals surface area contributed by atoms with E-state index in [-0.39, 0.29) is 5.78 Å². The maximum absolute atomic E-state index is 12.7. The van der Waals surface area contributed by atoms with Crippen LogP contribution in [-0.4, -0.2) is 29.2 Å². The van der Waals surface area contributed by atoms with Gasteiger partial charge >= 0.3 is 0 Å². The molecule has 1 aliphatic heterocycles. The van der Waals surface area contributed by atoms with Crippen LogP contribution in [0.3, 0.4) is 0 Å². The zero-order valence-electron chi connectivity index (χ0n) is 12.0. The minimum absolute atomic E-state index is 0.0678. The maximum atomic E-state index is 12.7. The molecule has 0 unspecified atom stereocenters. The molecule has 0 bridgehead atoms. The van der Waals surface area contributed by atoms with Crippen LogP contribution in [0.25, 0.3) is 0 Å². The van der Waals surface area contributed by atoms with Crippen LogP contribution < -0.4 is 9.47 Å². The first kappa shape index (κ1) is 13.5. The number of rotatable bonds is 3. The molecule has 0 saturated carbocycles. The number of fused-ring (bicyclic) bond motifs is 1. The molecule has 0 fully saturated rings. The van der Waals surface area contributed by atoms with Gasteiger partial charge in [-0.05, 0) is 37.6 Å². The smallest absolute Gasteiger partial charge is 0.195 e. The van der Waals surface area contributed by atoms with E-state index in [4.69, 9.17) is 9.47 Å². The average Bonchev–Trinajstić information content (AvgIpc) is 2.53. The normalized spacial score (nSPS) is 13.0. The van der Waals surface area contributed by atoms with Gasteiger partial charge in [-0.15, -0.1) is 0 Å². The lowest BCUT2D eigenvalue weighted by Gasteiger charge is -2.18. The van der Waals surface area contributed by atoms with Crippen LogP contribution in [0.4, 0.5) is 0 Å². The first-order valence-corrected chi connectivity index (χ1v) is 6.96. The summed E-state index contributed by atoms with van der Waals surface area (Å²) in [5, 5.41) is 8.11. The Morgan fingerprint density at radius 2 is 1.90 bits per heavy atom. The van der Waals surface area contributed by atoms with E-state index in [2.05, 4.69) is 10.2 Å². The van der Waals surface area contributed by atoms with Gasteiger partial charge in [-0.25, -0.2) is 0 Å². The van der Waals surface area contributed by atoms with Gasteiger partial charge in [0.15, 0.2) is 17.3 Å². The van der Waals surface area contributed by atoms with Gasteiger partial charge in [-0.1, -0.05) is 6.92 Å². The summed E-state index contributed by atoms with van der Waals surface area (Å²) in [4.78, 5) is 12.7. The van der Waals surface area contributed by atoms with Gasteiger partial charge in [0.25, 0.3) is 0 Å². The van der Waals surface area contributed by atoms with Crippen LogP contribution in [0.15, 0.2) is 24.3 Å². The molecule has 0 N–H and O–H groups in total. The molecule has 0 atom stereocenters. The zero-order valence-corrected chi connectivity index (χ0v) is 12.0. The predicted molar refractivity (Wildman–Crippen MR) is 77.0 cm³/mol. The third-order valence-electron chi connectivity index (χ3n) is 3.38. The molecule has 0 saturated heterocycles. The average molecular weight is 284 g/mol. The summed E-state index contributed by atoms with van der Waals surface area (Å²) in [5.74, 6) is 1.23. The summed E-state index contributed by atoms with van der Waals surface area (Å²) in [7, 11) is 0. The van der Waals surface area contributed by atoms with E-state index in [0.717, 1.165) is 5.69 Å². The summed E-state index contributed by atoms with van der Waals surface area (Å²) in [6, 6.07) is 7.04. The van der Waals surface area contributed by atoms with Crippen molar-refractivity contribution in [2.24, 2.45) is 0 Å². The van der Waals surface area contributed by atoms with Gasteiger partial charge < -0.3 is 9.47 Å². The van der Waals surface area contributed by atoms with Crippen molar-refractivity contribution in [3.8, 4) is 11.5 Å². The summed E-state index contributed by atoms with van der Waals surface area (Å²) < 4.78 is 11.0. The van der Waals surface area contributed by atoms with E-state index < -0.39 is 0 Å². The number of hydrogen-bond acceptors (Lipinski definition) is 5. The van der Waals surface area contributed by atoms with Crippen molar-refractivity contribution in [1.82, 2.24) is 10.2 Å². The number of nitrogens with zero attached hydrogens (tertiary/aromatic N) is 2. The second kappa shape index (κ2) is 5.52. The molecule has 21 heavy (non-hydrogen) atoms. The van der Waals surface area contributed by atoms with E-state index in [1.165, 1.54) is 0 Å². The van der Waals surface area contributed by atoms with Gasteiger partial charge in [-0.2, -0.15) is 10.2 Å². The Morgan fingerprint density at radius 1 is 1.14 bits per heavy atom. The molecular formula is C16H16N2O3. The molecule has 1 aromatic heterocycles. The van der Waals surface area contributed by atoms with Crippen molar-refractivity contribution in [3.63, 3.8) is 0 Å². The van der Waals surface area contributed by atoms with E-state index in [9.17, 15) is 4.79 Å². The van der Waals surface area contributed by atoms with E-state index >= 15 is 0 Å². The minimum Gasteiger partial charge on any atom is -0.486 e. The topological polar surface area (TPSA) is 61.3 Å². The van der Waals surface area contributed by atoms with Crippen LogP contribution in [0, 0.1) is 6.92 Å². The maximum Gasteiger partial charge on any atom is 0.195 e. The molecule has 0 spiro atoms. The molecule has 1 aromatic carbocycles. The molecule has 2 heterocycles. The monoisotopic (exact) mass is 284 g/mol. The van der Waals surface area contributed by atoms with E-state index in [1.54, 1.807) is 24.3 Å². The van der Waals surface area contributed by atoms with Crippen molar-refractivity contribution in [1.29, 1.82) is 0 Å². The van der Waals surface area contributed by atoms with Crippen molar-refractivity contribution < 1.29 is 14.3 Å². The van der Waals surface area contributed by atoms with Gasteiger partial charge in [-0.3, -0.25) is 4.79 Å². The highest BCUT2D eigenvalue weighted by Crippen LogP contribution is 2.31. The number of hydrogen-bond donors (Lipinski definition) is 0. The van der Waals surface area contributed by atoms with Gasteiger partial charge in [0.2, 0.25) is 0 Å². The Bertz CT molecular complexity index is 698. The van der Waals surface area contributed by atoms with Gasteiger partial charge in [0.05, 0.1) is 11.4 Å². The molecule has 5 heteroatoms. The molecule has 5 nitrogen and oxygen atoms in total. The fourth-order valence-corrected chi connectivity index (χ4v) is 2.31. The highest BCUT2D eigenvalue weighted by Gasteiger charge is 2.18. The van der Waals surface area contributed by atoms with Crippen molar-refractivity contribution in [2.75, 3.05) is 13.2 Å². The summed E-state index contributed by atoms with van der Waals surface area (Å²) in [5.41, 5.74) is 2.61. The molecule has 108 valence electrons. The third kappa shape index (κ3) is 2.59. The second-order valence-corrected chi connectivity index (χ2v) is 4.89. The van der Waals surface area contributed by atoms with Crippen molar-refractivity contribution >= 4 is 5.78 Å². The number of aromatic nitrogens is 2. The number of aryl methyl sites for hydroxylation is 2. The lowest BCUT2D eigenvalue weighted by molar-refractivity contribution is 0.103. The lowest BCUT2D eigenvalue weighted by atomic mass is 10.0. The number of carbonyl (C=O) groups excluding carboxylic acids is 1. The lowest BCUT2D eigenvalue weighted by Crippen LogP contribution is -2.16. The predicted octanol–water partition coefficient (Wildman–Crippen LogP) is 2.35. The minimum atomic E-state index is -0.0678. The Hall–Kier alpha value is -2.43. The highest BCUT2D eigenvalue weighted by molar-refractivity contribution is 6.10. The van der Waals surface area contributed by atoms with Crippen LogP contribution >= 0.6 is 0 Å². The fraction of sp³-hybridized carbons (Fsp3) is 0.312. The third-order valence-corrected chi connectivity index (χ3v) is 3.38. The Kier molecular flexibility index (Phi) is 3.56. The van der Waals surface area contributed by atoms with Crippen LogP contribution in [0.5, 0.6) is 11.5 Å². The first-order chi connectivity index (χ1) is 10.2. The summed E-state index contributed by atoms with van der Waals surface area (Å²) in [6.45, 7) is 4.82. The second-order valence-electron chi connectivity index (χ2n) is 4.89. The SMILES string of the molecule is CCc1nnc(C)cc1C(=O)c1ccc2c(c1)OCCO2. The van der Waals surface area contributed by atoms with Crippen molar-refractivity contribution in [2.45, 2.75) is 20.3 Å². The fourth-order valence-electron chi connectivity index (χ4n) is 2.31. The molecule has 1 aliphatic rings. The molecule has 0 amide bonds. The zero-order chi connectivity index (χ0) is 14.8. The van der Waals surface area contributed by atoms with E-state index in [1.807, 2.05) is 13.8 Å². The van der Waals surface area contributed by atoms with Gasteiger partial charge in [0.1, 0.15) is 13.2 Å². The molecule has 0 aliphatic carbocycles. The first-order valence-electron chi connectivity index (χ1n) is 6.96. The molecule has 2 aromatic rings. The number of carbonyl (C=O) groups is 1.